The molecule has 0 saturated carbocycles. The fourth-order valence-corrected chi connectivity index (χ4v) is 1.67. The van der Waals surface area contributed by atoms with Crippen LogP contribution in [-0.2, 0) is 4.79 Å². The van der Waals surface area contributed by atoms with Gasteiger partial charge < -0.3 is 9.83 Å². The summed E-state index contributed by atoms with van der Waals surface area (Å²) < 4.78 is 0. The highest BCUT2D eigenvalue weighted by atomic mass is 16.2. The Kier molecular flexibility index (Phi) is 3.90. The smallest absolute Gasteiger partial charge is 0.376 e. The summed E-state index contributed by atoms with van der Waals surface area (Å²) in [5.41, 5.74) is 0.928. The minimum Gasteiger partial charge on any atom is -0.437 e. The lowest BCUT2D eigenvalue weighted by Gasteiger charge is -2.28. The van der Waals surface area contributed by atoms with E-state index in [0.29, 0.717) is 12.5 Å². The molecule has 1 rings (SSSR count). The second kappa shape index (κ2) is 4.76. The van der Waals surface area contributed by atoms with Crippen molar-refractivity contribution in [1.82, 2.24) is 4.81 Å². The van der Waals surface area contributed by atoms with Gasteiger partial charge in [0.15, 0.2) is 5.78 Å². The van der Waals surface area contributed by atoms with Crippen molar-refractivity contribution in [3.05, 3.63) is 11.6 Å². The van der Waals surface area contributed by atoms with Gasteiger partial charge in [-0.25, -0.2) is 0 Å². The maximum absolute atomic E-state index is 11.6. The van der Waals surface area contributed by atoms with Crippen molar-refractivity contribution >= 4 is 12.8 Å². The van der Waals surface area contributed by atoms with Crippen LogP contribution in [0.3, 0.4) is 0 Å². The minimum atomic E-state index is -0.514. The highest BCUT2D eigenvalue weighted by Gasteiger charge is 2.25. The minimum absolute atomic E-state index is 0.158. The SMILES string of the molecule is CB(O)N1CC/C(=C\C(C)C)C(=O)C1. The lowest BCUT2D eigenvalue weighted by atomic mass is 9.81. The molecule has 0 aromatic heterocycles. The number of piperidine rings is 1. The molecule has 3 nitrogen and oxygen atoms in total. The molecule has 0 aromatic carbocycles. The summed E-state index contributed by atoms with van der Waals surface area (Å²) in [5, 5.41) is 9.32. The zero-order chi connectivity index (χ0) is 10.7. The van der Waals surface area contributed by atoms with Crippen LogP contribution in [0.1, 0.15) is 20.3 Å². The molecule has 1 saturated heterocycles. The number of ketones is 1. The van der Waals surface area contributed by atoms with Crippen LogP contribution in [0.25, 0.3) is 0 Å². The molecule has 0 amide bonds. The van der Waals surface area contributed by atoms with Gasteiger partial charge in [-0.2, -0.15) is 0 Å². The summed E-state index contributed by atoms with van der Waals surface area (Å²) in [6.07, 6.45) is 2.80. The first-order valence-electron chi connectivity index (χ1n) is 5.16. The largest absolute Gasteiger partial charge is 0.437 e. The molecule has 0 aromatic rings. The normalized spacial score (nSPS) is 22.1. The molecule has 1 aliphatic heterocycles. The highest BCUT2D eigenvalue weighted by Crippen LogP contribution is 2.15. The molecule has 78 valence electrons. The van der Waals surface area contributed by atoms with Crippen molar-refractivity contribution in [3.63, 3.8) is 0 Å². The third-order valence-electron chi connectivity index (χ3n) is 2.44. The van der Waals surface area contributed by atoms with Gasteiger partial charge in [0.05, 0.1) is 6.54 Å². The van der Waals surface area contributed by atoms with E-state index in [1.807, 2.05) is 6.08 Å². The lowest BCUT2D eigenvalue weighted by molar-refractivity contribution is -0.117. The molecule has 1 aliphatic rings. The molecule has 0 radical (unpaired) electrons. The predicted molar refractivity (Wildman–Crippen MR) is 58.0 cm³/mol. The third kappa shape index (κ3) is 2.96. The van der Waals surface area contributed by atoms with Crippen LogP contribution in [0.15, 0.2) is 11.6 Å². The molecule has 0 aliphatic carbocycles. The maximum Gasteiger partial charge on any atom is 0.376 e. The van der Waals surface area contributed by atoms with E-state index >= 15 is 0 Å². The first kappa shape index (κ1) is 11.5. The Morgan fingerprint density at radius 1 is 1.57 bits per heavy atom. The molecule has 0 atom stereocenters. The summed E-state index contributed by atoms with van der Waals surface area (Å²) in [7, 11) is -0.514. The number of allylic oxidation sites excluding steroid dienone is 1. The van der Waals surface area contributed by atoms with E-state index in [-0.39, 0.29) is 5.78 Å². The van der Waals surface area contributed by atoms with E-state index in [2.05, 4.69) is 13.8 Å². The van der Waals surface area contributed by atoms with Crippen LogP contribution in [0.2, 0.25) is 6.82 Å². The van der Waals surface area contributed by atoms with Gasteiger partial charge in [0.2, 0.25) is 0 Å². The summed E-state index contributed by atoms with van der Waals surface area (Å²) >= 11 is 0. The van der Waals surface area contributed by atoms with Crippen LogP contribution in [0, 0.1) is 5.92 Å². The van der Waals surface area contributed by atoms with Crippen LogP contribution < -0.4 is 0 Å². The first-order valence-corrected chi connectivity index (χ1v) is 5.16. The number of Topliss-reactive ketones (excluding diaryl/α,β-unsaturated/α-hetero) is 1. The summed E-state index contributed by atoms with van der Waals surface area (Å²) in [5.74, 6) is 0.581. The van der Waals surface area contributed by atoms with E-state index in [1.54, 1.807) is 11.6 Å². The third-order valence-corrected chi connectivity index (χ3v) is 2.44. The van der Waals surface area contributed by atoms with Crippen LogP contribution >= 0.6 is 0 Å². The fourth-order valence-electron chi connectivity index (χ4n) is 1.67. The summed E-state index contributed by atoms with van der Waals surface area (Å²) in [6.45, 7) is 6.98. The van der Waals surface area contributed by atoms with Gasteiger partial charge in [-0.05, 0) is 31.3 Å². The lowest BCUT2D eigenvalue weighted by Crippen LogP contribution is -2.45. The van der Waals surface area contributed by atoms with E-state index in [4.69, 9.17) is 0 Å². The van der Waals surface area contributed by atoms with Gasteiger partial charge >= 0.3 is 7.05 Å². The van der Waals surface area contributed by atoms with Gasteiger partial charge in [-0.1, -0.05) is 19.9 Å². The van der Waals surface area contributed by atoms with Gasteiger partial charge in [0, 0.05) is 0 Å². The topological polar surface area (TPSA) is 40.5 Å². The molecular formula is C10H18BNO2. The molecule has 1 fully saturated rings. The van der Waals surface area contributed by atoms with E-state index in [0.717, 1.165) is 18.5 Å². The Labute approximate surface area is 85.9 Å². The Hall–Kier alpha value is -0.605. The number of hydrogen-bond donors (Lipinski definition) is 1. The number of carbonyl (C=O) groups excluding carboxylic acids is 1. The molecule has 0 unspecified atom stereocenters. The fraction of sp³-hybridized carbons (Fsp3) is 0.700. The monoisotopic (exact) mass is 195 g/mol. The van der Waals surface area contributed by atoms with Crippen molar-refractivity contribution < 1.29 is 9.82 Å². The second-order valence-electron chi connectivity index (χ2n) is 4.21. The molecule has 1 heterocycles. The van der Waals surface area contributed by atoms with Gasteiger partial charge in [-0.15, -0.1) is 0 Å². The van der Waals surface area contributed by atoms with Crippen LogP contribution in [0.4, 0.5) is 0 Å². The van der Waals surface area contributed by atoms with Crippen LogP contribution in [0.5, 0.6) is 0 Å². The molecule has 14 heavy (non-hydrogen) atoms. The van der Waals surface area contributed by atoms with Crippen LogP contribution in [-0.4, -0.2) is 35.8 Å². The molecular weight excluding hydrogens is 177 g/mol. The summed E-state index contributed by atoms with van der Waals surface area (Å²) in [4.78, 5) is 13.4. The number of hydrogen-bond acceptors (Lipinski definition) is 3. The van der Waals surface area contributed by atoms with Crippen molar-refractivity contribution in [2.24, 2.45) is 5.92 Å². The van der Waals surface area contributed by atoms with Crippen molar-refractivity contribution in [1.29, 1.82) is 0 Å². The van der Waals surface area contributed by atoms with E-state index < -0.39 is 7.05 Å². The highest BCUT2D eigenvalue weighted by molar-refractivity contribution is 6.45. The zero-order valence-corrected chi connectivity index (χ0v) is 9.16. The second-order valence-corrected chi connectivity index (χ2v) is 4.21. The average molecular weight is 195 g/mol. The molecule has 0 spiro atoms. The predicted octanol–water partition coefficient (Wildman–Crippen LogP) is 0.954. The quantitative estimate of drug-likeness (QED) is 0.526. The van der Waals surface area contributed by atoms with Crippen molar-refractivity contribution in [2.75, 3.05) is 13.1 Å². The van der Waals surface area contributed by atoms with Crippen molar-refractivity contribution in [2.45, 2.75) is 27.1 Å². The number of nitrogens with zero attached hydrogens (tertiary/aromatic N) is 1. The molecule has 4 heteroatoms. The number of rotatable bonds is 2. The maximum atomic E-state index is 11.6. The first-order chi connectivity index (χ1) is 6.50. The Balaban J connectivity index is 2.61. The standard InChI is InChI=1S/C10H18BNO2/c1-8(2)6-9-4-5-12(11(3)14)7-10(9)13/h6,8,14H,4-5,7H2,1-3H3/b9-6+. The summed E-state index contributed by atoms with van der Waals surface area (Å²) in [6, 6.07) is 0. The molecule has 1 N–H and O–H groups in total. The Bertz CT molecular complexity index is 249. The number of carbonyl (C=O) groups is 1. The van der Waals surface area contributed by atoms with E-state index in [1.165, 1.54) is 0 Å². The van der Waals surface area contributed by atoms with Gasteiger partial charge in [0.25, 0.3) is 0 Å². The molecule has 0 bridgehead atoms. The van der Waals surface area contributed by atoms with Gasteiger partial charge in [-0.3, -0.25) is 4.79 Å². The van der Waals surface area contributed by atoms with Crippen molar-refractivity contribution in [3.8, 4) is 0 Å². The Morgan fingerprint density at radius 2 is 2.21 bits per heavy atom. The zero-order valence-electron chi connectivity index (χ0n) is 9.16. The van der Waals surface area contributed by atoms with Gasteiger partial charge in [0.1, 0.15) is 0 Å². The Morgan fingerprint density at radius 3 is 2.64 bits per heavy atom. The van der Waals surface area contributed by atoms with E-state index in [9.17, 15) is 9.82 Å². The average Bonchev–Trinajstić information content (AvgIpc) is 2.07.